The molecule has 0 spiro atoms. The van der Waals surface area contributed by atoms with Gasteiger partial charge >= 0.3 is 0 Å². The van der Waals surface area contributed by atoms with Crippen molar-refractivity contribution in [2.24, 2.45) is 5.92 Å². The highest BCUT2D eigenvalue weighted by molar-refractivity contribution is 5.48. The lowest BCUT2D eigenvalue weighted by Crippen LogP contribution is -2.31. The van der Waals surface area contributed by atoms with Crippen LogP contribution in [0.4, 0.5) is 5.69 Å². The maximum absolute atomic E-state index is 9.09. The van der Waals surface area contributed by atoms with Gasteiger partial charge in [-0.2, -0.15) is 10.5 Å². The fourth-order valence-electron chi connectivity index (χ4n) is 2.31. The van der Waals surface area contributed by atoms with Gasteiger partial charge < -0.3 is 5.32 Å². The van der Waals surface area contributed by atoms with Crippen molar-refractivity contribution >= 4 is 5.69 Å². The molecule has 0 aliphatic heterocycles. The summed E-state index contributed by atoms with van der Waals surface area (Å²) in [5, 5.41) is 21.2. The van der Waals surface area contributed by atoms with Gasteiger partial charge in [-0.1, -0.05) is 12.8 Å². The van der Waals surface area contributed by atoms with Gasteiger partial charge in [-0.3, -0.25) is 0 Å². The fraction of sp³-hybridized carbons (Fsp3) is 0.429. The Bertz CT molecular complexity index is 450. The van der Waals surface area contributed by atoms with Crippen LogP contribution in [0.3, 0.4) is 0 Å². The molecule has 1 fully saturated rings. The van der Waals surface area contributed by atoms with Crippen molar-refractivity contribution in [1.29, 1.82) is 10.5 Å². The van der Waals surface area contributed by atoms with E-state index in [0.29, 0.717) is 5.56 Å². The maximum atomic E-state index is 9.09. The summed E-state index contributed by atoms with van der Waals surface area (Å²) in [7, 11) is 0. The highest BCUT2D eigenvalue weighted by Crippen LogP contribution is 2.26. The third kappa shape index (κ3) is 2.77. The highest BCUT2D eigenvalue weighted by atomic mass is 14.9. The molecule has 17 heavy (non-hydrogen) atoms. The molecular formula is C14H15N3. The average molecular weight is 225 g/mol. The van der Waals surface area contributed by atoms with Crippen LogP contribution in [-0.2, 0) is 0 Å². The van der Waals surface area contributed by atoms with Crippen molar-refractivity contribution in [3.05, 3.63) is 29.8 Å². The summed E-state index contributed by atoms with van der Waals surface area (Å²) < 4.78 is 0. The van der Waals surface area contributed by atoms with Gasteiger partial charge in [0.15, 0.2) is 0 Å². The number of nitrogens with one attached hydrogen (secondary N) is 1. The summed E-state index contributed by atoms with van der Waals surface area (Å²) in [4.78, 5) is 0. The summed E-state index contributed by atoms with van der Waals surface area (Å²) in [6, 6.07) is 12.1. The molecule has 0 heterocycles. The van der Waals surface area contributed by atoms with Crippen LogP contribution in [0.15, 0.2) is 24.3 Å². The summed E-state index contributed by atoms with van der Waals surface area (Å²) in [6.07, 6.45) is 4.39. The van der Waals surface area contributed by atoms with E-state index >= 15 is 0 Å². The normalized spacial score (nSPS) is 23.4. The average Bonchev–Trinajstić information content (AvgIpc) is 2.40. The van der Waals surface area contributed by atoms with Crippen molar-refractivity contribution in [3.63, 3.8) is 0 Å². The molecule has 2 rings (SSSR count). The molecule has 1 N–H and O–H groups in total. The Morgan fingerprint density at radius 2 is 1.76 bits per heavy atom. The number of nitriles is 2. The monoisotopic (exact) mass is 225 g/mol. The van der Waals surface area contributed by atoms with E-state index in [1.165, 1.54) is 6.42 Å². The Balaban J connectivity index is 2.04. The number of hydrogen-bond donors (Lipinski definition) is 1. The molecule has 1 aliphatic carbocycles. The van der Waals surface area contributed by atoms with Crippen LogP contribution in [0.2, 0.25) is 0 Å². The van der Waals surface area contributed by atoms with Gasteiger partial charge in [0.25, 0.3) is 0 Å². The number of hydrogen-bond acceptors (Lipinski definition) is 3. The first-order valence-corrected chi connectivity index (χ1v) is 6.00. The van der Waals surface area contributed by atoms with Crippen LogP contribution in [0, 0.1) is 28.6 Å². The molecule has 0 radical (unpaired) electrons. The van der Waals surface area contributed by atoms with E-state index in [4.69, 9.17) is 10.5 Å². The predicted octanol–water partition coefficient (Wildman–Crippen LogP) is 3.05. The quantitative estimate of drug-likeness (QED) is 0.841. The Labute approximate surface area is 102 Å². The topological polar surface area (TPSA) is 59.6 Å². The van der Waals surface area contributed by atoms with E-state index < -0.39 is 0 Å². The van der Waals surface area contributed by atoms with Crippen molar-refractivity contribution < 1.29 is 0 Å². The molecule has 86 valence electrons. The van der Waals surface area contributed by atoms with Crippen LogP contribution in [0.25, 0.3) is 0 Å². The number of rotatable bonds is 2. The van der Waals surface area contributed by atoms with Crippen molar-refractivity contribution in [1.82, 2.24) is 0 Å². The SMILES string of the molecule is N#Cc1ccc(NC2CCCCC2C#N)cc1. The van der Waals surface area contributed by atoms with Gasteiger partial charge in [0.2, 0.25) is 0 Å². The lowest BCUT2D eigenvalue weighted by Gasteiger charge is -2.28. The van der Waals surface area contributed by atoms with Crippen molar-refractivity contribution in [2.45, 2.75) is 31.7 Å². The number of nitrogens with zero attached hydrogens (tertiary/aromatic N) is 2. The second-order valence-electron chi connectivity index (χ2n) is 4.46. The lowest BCUT2D eigenvalue weighted by atomic mass is 9.85. The highest BCUT2D eigenvalue weighted by Gasteiger charge is 2.24. The van der Waals surface area contributed by atoms with Gasteiger partial charge in [-0.05, 0) is 37.1 Å². The third-order valence-electron chi connectivity index (χ3n) is 3.30. The fourth-order valence-corrected chi connectivity index (χ4v) is 2.31. The summed E-state index contributed by atoms with van der Waals surface area (Å²) in [5.41, 5.74) is 1.66. The maximum Gasteiger partial charge on any atom is 0.0991 e. The zero-order valence-electron chi connectivity index (χ0n) is 9.69. The Hall–Kier alpha value is -2.00. The minimum Gasteiger partial charge on any atom is -0.381 e. The van der Waals surface area contributed by atoms with Gasteiger partial charge in [-0.25, -0.2) is 0 Å². The molecule has 0 aromatic heterocycles. The zero-order chi connectivity index (χ0) is 12.1. The largest absolute Gasteiger partial charge is 0.381 e. The molecule has 0 bridgehead atoms. The van der Waals surface area contributed by atoms with E-state index in [0.717, 1.165) is 24.9 Å². The van der Waals surface area contributed by atoms with E-state index in [9.17, 15) is 0 Å². The van der Waals surface area contributed by atoms with Crippen LogP contribution >= 0.6 is 0 Å². The van der Waals surface area contributed by atoms with E-state index in [1.54, 1.807) is 12.1 Å². The van der Waals surface area contributed by atoms with Gasteiger partial charge in [0.05, 0.1) is 23.6 Å². The second-order valence-corrected chi connectivity index (χ2v) is 4.46. The van der Waals surface area contributed by atoms with E-state index in [-0.39, 0.29) is 12.0 Å². The van der Waals surface area contributed by atoms with Crippen molar-refractivity contribution in [2.75, 3.05) is 5.32 Å². The molecule has 1 saturated carbocycles. The van der Waals surface area contributed by atoms with E-state index in [1.807, 2.05) is 12.1 Å². The number of anilines is 1. The minimum atomic E-state index is 0.111. The molecule has 3 heteroatoms. The first kappa shape index (κ1) is 11.5. The van der Waals surface area contributed by atoms with E-state index in [2.05, 4.69) is 17.5 Å². The minimum absolute atomic E-state index is 0.111. The summed E-state index contributed by atoms with van der Waals surface area (Å²) in [5.74, 6) is 0.111. The molecule has 3 nitrogen and oxygen atoms in total. The smallest absolute Gasteiger partial charge is 0.0991 e. The van der Waals surface area contributed by atoms with Crippen molar-refractivity contribution in [3.8, 4) is 12.1 Å². The molecule has 0 saturated heterocycles. The third-order valence-corrected chi connectivity index (χ3v) is 3.30. The van der Waals surface area contributed by atoms with Crippen LogP contribution in [0.1, 0.15) is 31.2 Å². The standard InChI is InChI=1S/C14H15N3/c15-9-11-5-7-13(8-6-11)17-14-4-2-1-3-12(14)10-16/h5-8,12,14,17H,1-4H2. The first-order valence-electron chi connectivity index (χ1n) is 6.00. The molecule has 1 aliphatic rings. The number of benzene rings is 1. The molecule has 0 amide bonds. The summed E-state index contributed by atoms with van der Waals surface area (Å²) in [6.45, 7) is 0. The molecule has 2 unspecified atom stereocenters. The zero-order valence-corrected chi connectivity index (χ0v) is 9.69. The first-order chi connectivity index (χ1) is 8.33. The second kappa shape index (κ2) is 5.37. The van der Waals surface area contributed by atoms with Gasteiger partial charge in [-0.15, -0.1) is 0 Å². The van der Waals surface area contributed by atoms with Gasteiger partial charge in [0.1, 0.15) is 0 Å². The van der Waals surface area contributed by atoms with Gasteiger partial charge in [0, 0.05) is 11.7 Å². The Kier molecular flexibility index (Phi) is 3.62. The molecule has 1 aromatic carbocycles. The lowest BCUT2D eigenvalue weighted by molar-refractivity contribution is 0.389. The van der Waals surface area contributed by atoms with Crippen LogP contribution < -0.4 is 5.32 Å². The Morgan fingerprint density at radius 1 is 1.06 bits per heavy atom. The van der Waals surface area contributed by atoms with Crippen LogP contribution in [-0.4, -0.2) is 6.04 Å². The molecular weight excluding hydrogens is 210 g/mol. The van der Waals surface area contributed by atoms with Crippen LogP contribution in [0.5, 0.6) is 0 Å². The molecule has 1 aromatic rings. The Morgan fingerprint density at radius 3 is 2.41 bits per heavy atom. The summed E-state index contributed by atoms with van der Waals surface area (Å²) >= 11 is 0. The predicted molar refractivity (Wildman–Crippen MR) is 66.1 cm³/mol. The molecule has 2 atom stereocenters.